The van der Waals surface area contributed by atoms with Crippen LogP contribution in [0.1, 0.15) is 25.0 Å². The van der Waals surface area contributed by atoms with E-state index in [0.29, 0.717) is 12.8 Å². The maximum Gasteiger partial charge on any atom is 0.139 e. The number of nitrogens with one attached hydrogen (secondary N) is 1. The molecule has 2 heterocycles. The van der Waals surface area contributed by atoms with Gasteiger partial charge in [-0.25, -0.2) is 4.68 Å². The number of ether oxygens (including phenoxy) is 2. The van der Waals surface area contributed by atoms with Gasteiger partial charge in [-0.2, -0.15) is 10.2 Å². The summed E-state index contributed by atoms with van der Waals surface area (Å²) in [6, 6.07) is 2.76. The first-order valence-corrected chi connectivity index (χ1v) is 19.2. The molecule has 31 heavy (non-hydrogen) atoms. The lowest BCUT2D eigenvalue weighted by molar-refractivity contribution is 0.0785. The Morgan fingerprint density at radius 2 is 1.48 bits per heavy atom. The van der Waals surface area contributed by atoms with Crippen LogP contribution in [0.3, 0.4) is 0 Å². The van der Waals surface area contributed by atoms with Crippen molar-refractivity contribution in [2.75, 3.05) is 19.3 Å². The SMILES string of the molecule is CCc1cn[nH]c1.CCc1cnn(COCC[Si](C)(C)C)c1.C[Si](C)(C)CCOCCl. The molecule has 0 spiro atoms. The number of halogens is 1. The van der Waals surface area contributed by atoms with Crippen molar-refractivity contribution in [2.45, 2.75) is 84.8 Å². The van der Waals surface area contributed by atoms with Crippen LogP contribution in [0.5, 0.6) is 0 Å². The zero-order valence-corrected chi connectivity index (χ0v) is 23.8. The van der Waals surface area contributed by atoms with Gasteiger partial charge in [0.15, 0.2) is 0 Å². The van der Waals surface area contributed by atoms with Crippen molar-refractivity contribution in [1.29, 1.82) is 0 Å². The van der Waals surface area contributed by atoms with Gasteiger partial charge in [0, 0.05) is 41.8 Å². The predicted molar refractivity (Wildman–Crippen MR) is 139 cm³/mol. The monoisotopic (exact) mass is 488 g/mol. The van der Waals surface area contributed by atoms with Crippen LogP contribution in [-0.4, -0.2) is 55.4 Å². The van der Waals surface area contributed by atoms with E-state index >= 15 is 0 Å². The number of hydrogen-bond acceptors (Lipinski definition) is 4. The van der Waals surface area contributed by atoms with Gasteiger partial charge in [0.1, 0.15) is 12.8 Å². The highest BCUT2D eigenvalue weighted by molar-refractivity contribution is 6.76. The molecule has 0 fully saturated rings. The normalized spacial score (nSPS) is 11.4. The van der Waals surface area contributed by atoms with Crippen molar-refractivity contribution in [1.82, 2.24) is 20.0 Å². The molecular formula is C22H45ClN4O2Si2. The summed E-state index contributed by atoms with van der Waals surface area (Å²) in [6.45, 7) is 20.6. The van der Waals surface area contributed by atoms with Crippen molar-refractivity contribution in [3.05, 3.63) is 35.9 Å². The van der Waals surface area contributed by atoms with E-state index in [1.54, 1.807) is 0 Å². The topological polar surface area (TPSA) is 65.0 Å². The van der Waals surface area contributed by atoms with E-state index in [4.69, 9.17) is 21.1 Å². The van der Waals surface area contributed by atoms with Crippen molar-refractivity contribution in [3.63, 3.8) is 0 Å². The van der Waals surface area contributed by atoms with Crippen LogP contribution >= 0.6 is 11.6 Å². The Morgan fingerprint density at radius 1 is 0.903 bits per heavy atom. The van der Waals surface area contributed by atoms with E-state index in [-0.39, 0.29) is 0 Å². The predicted octanol–water partition coefficient (Wildman–Crippen LogP) is 6.27. The Balaban J connectivity index is 0.000000478. The molecule has 2 aromatic heterocycles. The van der Waals surface area contributed by atoms with Crippen molar-refractivity contribution in [2.24, 2.45) is 0 Å². The van der Waals surface area contributed by atoms with E-state index in [1.807, 2.05) is 23.3 Å². The van der Waals surface area contributed by atoms with Gasteiger partial charge < -0.3 is 9.47 Å². The fourth-order valence-electron chi connectivity index (χ4n) is 2.10. The molecule has 6 nitrogen and oxygen atoms in total. The lowest BCUT2D eigenvalue weighted by Crippen LogP contribution is -2.22. The lowest BCUT2D eigenvalue weighted by atomic mass is 10.3. The van der Waals surface area contributed by atoms with E-state index < -0.39 is 16.1 Å². The fraction of sp³-hybridized carbons (Fsp3) is 0.727. The van der Waals surface area contributed by atoms with E-state index in [9.17, 15) is 0 Å². The van der Waals surface area contributed by atoms with Gasteiger partial charge in [-0.3, -0.25) is 5.10 Å². The molecule has 0 radical (unpaired) electrons. The van der Waals surface area contributed by atoms with Crippen LogP contribution in [-0.2, 0) is 29.0 Å². The molecule has 0 bridgehead atoms. The molecule has 0 unspecified atom stereocenters. The van der Waals surface area contributed by atoms with Crippen molar-refractivity contribution >= 4 is 27.7 Å². The van der Waals surface area contributed by atoms with Crippen LogP contribution < -0.4 is 0 Å². The fourth-order valence-corrected chi connectivity index (χ4v) is 3.72. The largest absolute Gasteiger partial charge is 0.366 e. The number of hydrogen-bond donors (Lipinski definition) is 1. The number of rotatable bonds is 11. The van der Waals surface area contributed by atoms with Gasteiger partial charge in [-0.1, -0.05) is 64.7 Å². The molecule has 0 aromatic carbocycles. The second-order valence-electron chi connectivity index (χ2n) is 9.88. The van der Waals surface area contributed by atoms with Crippen LogP contribution in [0.15, 0.2) is 24.8 Å². The number of aryl methyl sites for hydroxylation is 2. The first kappa shape index (κ1) is 30.1. The van der Waals surface area contributed by atoms with Gasteiger partial charge in [0.2, 0.25) is 0 Å². The minimum absolute atomic E-state index is 0.338. The molecule has 0 saturated carbocycles. The number of alkyl halides is 1. The summed E-state index contributed by atoms with van der Waals surface area (Å²) in [6.07, 6.45) is 9.79. The zero-order valence-electron chi connectivity index (χ0n) is 21.0. The maximum atomic E-state index is 5.59. The van der Waals surface area contributed by atoms with Gasteiger partial charge in [-0.15, -0.1) is 0 Å². The highest BCUT2D eigenvalue weighted by Crippen LogP contribution is 2.08. The van der Waals surface area contributed by atoms with Crippen molar-refractivity contribution in [3.8, 4) is 0 Å². The highest BCUT2D eigenvalue weighted by atomic mass is 35.5. The zero-order chi connectivity index (χ0) is 23.8. The molecule has 0 amide bonds. The second kappa shape index (κ2) is 16.7. The molecule has 0 aliphatic rings. The summed E-state index contributed by atoms with van der Waals surface area (Å²) in [5.74, 6) is 0. The molecule has 1 N–H and O–H groups in total. The molecule has 2 aromatic rings. The van der Waals surface area contributed by atoms with Gasteiger partial charge in [0.25, 0.3) is 0 Å². The molecule has 0 aliphatic heterocycles. The number of nitrogens with zero attached hydrogens (tertiary/aromatic N) is 3. The maximum absolute atomic E-state index is 5.59. The Hall–Kier alpha value is -0.936. The molecule has 2 rings (SSSR count). The van der Waals surface area contributed by atoms with Crippen molar-refractivity contribution < 1.29 is 9.47 Å². The van der Waals surface area contributed by atoms with E-state index in [0.717, 1.165) is 26.1 Å². The molecule has 0 atom stereocenters. The summed E-state index contributed by atoms with van der Waals surface area (Å²) in [7, 11) is -1.83. The van der Waals surface area contributed by atoms with E-state index in [2.05, 4.69) is 74.6 Å². The quantitative estimate of drug-likeness (QED) is 0.230. The summed E-state index contributed by atoms with van der Waals surface area (Å²) < 4.78 is 12.5. The minimum atomic E-state index is -0.952. The molecule has 180 valence electrons. The van der Waals surface area contributed by atoms with Crippen LogP contribution in [0.4, 0.5) is 0 Å². The third-order valence-corrected chi connectivity index (χ3v) is 7.91. The standard InChI is InChI=1S/C11H22N2OSi.C6H15ClOSi.C5H8N2/c1-5-11-8-12-13(9-11)10-14-6-7-15(2,3)4;1-9(2,3)5-4-8-6-7;1-2-5-3-6-7-4-5/h8-9H,5-7,10H2,1-4H3;4-6H2,1-3H3;3-4H,2H2,1H3,(H,6,7). The Labute approximate surface area is 197 Å². The average Bonchev–Trinajstić information content (AvgIpc) is 3.36. The van der Waals surface area contributed by atoms with Crippen LogP contribution in [0.2, 0.25) is 51.4 Å². The third kappa shape index (κ3) is 19.5. The Bertz CT molecular complexity index is 653. The first-order valence-electron chi connectivity index (χ1n) is 11.2. The summed E-state index contributed by atoms with van der Waals surface area (Å²) in [5, 5.41) is 10.7. The summed E-state index contributed by atoms with van der Waals surface area (Å²) in [5.41, 5.74) is 2.53. The van der Waals surface area contributed by atoms with Gasteiger partial charge in [0.05, 0.1) is 12.4 Å². The molecule has 0 saturated heterocycles. The number of H-pyrrole nitrogens is 1. The van der Waals surface area contributed by atoms with Gasteiger partial charge in [-0.05, 0) is 36.1 Å². The second-order valence-corrected chi connectivity index (χ2v) is 21.3. The third-order valence-electron chi connectivity index (χ3n) is 4.35. The number of aromatic amines is 1. The summed E-state index contributed by atoms with van der Waals surface area (Å²) >= 11 is 5.32. The minimum Gasteiger partial charge on any atom is -0.366 e. The Morgan fingerprint density at radius 3 is 1.87 bits per heavy atom. The average molecular weight is 489 g/mol. The van der Waals surface area contributed by atoms with Gasteiger partial charge >= 0.3 is 0 Å². The molecular weight excluding hydrogens is 444 g/mol. The van der Waals surface area contributed by atoms with Crippen LogP contribution in [0, 0.1) is 0 Å². The highest BCUT2D eigenvalue weighted by Gasteiger charge is 2.12. The molecule has 0 aliphatic carbocycles. The van der Waals surface area contributed by atoms with Crippen LogP contribution in [0.25, 0.3) is 0 Å². The Kier molecular flexibility index (Phi) is 16.2. The lowest BCUT2D eigenvalue weighted by Gasteiger charge is -2.15. The molecule has 9 heteroatoms. The smallest absolute Gasteiger partial charge is 0.139 e. The number of aromatic nitrogens is 4. The summed E-state index contributed by atoms with van der Waals surface area (Å²) in [4.78, 5) is 0. The first-order chi connectivity index (χ1) is 14.5. The van der Waals surface area contributed by atoms with E-state index in [1.165, 1.54) is 23.2 Å².